The van der Waals surface area contributed by atoms with Crippen LogP contribution in [-0.4, -0.2) is 23.1 Å². The van der Waals surface area contributed by atoms with E-state index < -0.39 is 0 Å². The summed E-state index contributed by atoms with van der Waals surface area (Å²) in [6, 6.07) is 6.44. The number of aryl methyl sites for hydroxylation is 1. The van der Waals surface area contributed by atoms with Crippen LogP contribution in [-0.2, 0) is 13.5 Å². The second-order valence-electron chi connectivity index (χ2n) is 4.92. The number of rotatable bonds is 1. The average Bonchev–Trinajstić information content (AvgIpc) is 3.03. The van der Waals surface area contributed by atoms with Gasteiger partial charge in [-0.15, -0.1) is 0 Å². The van der Waals surface area contributed by atoms with Gasteiger partial charge in [0.1, 0.15) is 0 Å². The lowest BCUT2D eigenvalue weighted by Crippen LogP contribution is -2.31. The van der Waals surface area contributed by atoms with Gasteiger partial charge in [-0.25, -0.2) is 0 Å². The highest BCUT2D eigenvalue weighted by atomic mass is 16.7. The maximum absolute atomic E-state index is 5.49. The third kappa shape index (κ3) is 1.62. The van der Waals surface area contributed by atoms with E-state index in [-0.39, 0.29) is 6.04 Å². The van der Waals surface area contributed by atoms with Gasteiger partial charge in [0, 0.05) is 19.8 Å². The summed E-state index contributed by atoms with van der Waals surface area (Å²) in [5, 5.41) is 7.81. The second kappa shape index (κ2) is 3.99. The lowest BCUT2D eigenvalue weighted by Gasteiger charge is -2.27. The Morgan fingerprint density at radius 3 is 2.95 bits per heavy atom. The van der Waals surface area contributed by atoms with E-state index in [1.54, 1.807) is 0 Å². The smallest absolute Gasteiger partial charge is 0.231 e. The van der Waals surface area contributed by atoms with Gasteiger partial charge in [-0.05, 0) is 35.7 Å². The Labute approximate surface area is 111 Å². The maximum Gasteiger partial charge on any atom is 0.231 e. The van der Waals surface area contributed by atoms with Crippen molar-refractivity contribution in [1.29, 1.82) is 0 Å². The van der Waals surface area contributed by atoms with E-state index in [1.165, 1.54) is 16.8 Å². The zero-order valence-corrected chi connectivity index (χ0v) is 10.7. The van der Waals surface area contributed by atoms with E-state index in [4.69, 9.17) is 9.47 Å². The fourth-order valence-corrected chi connectivity index (χ4v) is 2.88. The fourth-order valence-electron chi connectivity index (χ4n) is 2.88. The number of nitrogens with zero attached hydrogens (tertiary/aromatic N) is 2. The molecule has 1 atom stereocenters. The fraction of sp³-hybridized carbons (Fsp3) is 0.357. The highest BCUT2D eigenvalue weighted by Gasteiger charge is 2.27. The molecule has 2 aliphatic heterocycles. The first-order chi connectivity index (χ1) is 9.33. The van der Waals surface area contributed by atoms with Gasteiger partial charge >= 0.3 is 0 Å². The van der Waals surface area contributed by atoms with Gasteiger partial charge < -0.3 is 14.8 Å². The Balaban J connectivity index is 1.84. The van der Waals surface area contributed by atoms with Crippen LogP contribution in [0.5, 0.6) is 11.5 Å². The first-order valence-electron chi connectivity index (χ1n) is 6.46. The van der Waals surface area contributed by atoms with Crippen LogP contribution in [0.1, 0.15) is 22.9 Å². The molecule has 0 aliphatic carbocycles. The topological polar surface area (TPSA) is 48.3 Å². The summed E-state index contributed by atoms with van der Waals surface area (Å²) in [5.41, 5.74) is 3.76. The van der Waals surface area contributed by atoms with Crippen molar-refractivity contribution in [2.75, 3.05) is 13.3 Å². The quantitative estimate of drug-likeness (QED) is 0.838. The molecule has 0 radical (unpaired) electrons. The van der Waals surface area contributed by atoms with Crippen molar-refractivity contribution in [3.05, 3.63) is 41.2 Å². The van der Waals surface area contributed by atoms with E-state index >= 15 is 0 Å². The number of hydrogen-bond acceptors (Lipinski definition) is 4. The summed E-state index contributed by atoms with van der Waals surface area (Å²) in [6.45, 7) is 1.28. The van der Waals surface area contributed by atoms with Gasteiger partial charge in [-0.3, -0.25) is 4.68 Å². The first-order valence-corrected chi connectivity index (χ1v) is 6.46. The van der Waals surface area contributed by atoms with Crippen molar-refractivity contribution in [2.45, 2.75) is 12.5 Å². The Kier molecular flexibility index (Phi) is 2.29. The molecule has 5 nitrogen and oxygen atoms in total. The molecule has 1 unspecified atom stereocenters. The lowest BCUT2D eigenvalue weighted by atomic mass is 9.92. The number of hydrogen-bond donors (Lipinski definition) is 1. The number of nitrogens with one attached hydrogen (secondary N) is 1. The van der Waals surface area contributed by atoms with Gasteiger partial charge in [-0.2, -0.15) is 5.10 Å². The third-order valence-corrected chi connectivity index (χ3v) is 3.84. The molecule has 1 N–H and O–H groups in total. The van der Waals surface area contributed by atoms with Crippen LogP contribution in [0.2, 0.25) is 0 Å². The van der Waals surface area contributed by atoms with Crippen LogP contribution >= 0.6 is 0 Å². The minimum absolute atomic E-state index is 0.172. The van der Waals surface area contributed by atoms with Gasteiger partial charge in [0.05, 0.1) is 11.7 Å². The summed E-state index contributed by atoms with van der Waals surface area (Å²) >= 11 is 0. The molecule has 3 heterocycles. The number of benzene rings is 1. The minimum atomic E-state index is 0.172. The SMILES string of the molecule is Cn1nccc1C1NCCc2cc3c(cc21)OCO3. The Morgan fingerprint density at radius 1 is 1.32 bits per heavy atom. The number of fused-ring (bicyclic) bond motifs is 2. The Morgan fingerprint density at radius 2 is 2.16 bits per heavy atom. The zero-order valence-electron chi connectivity index (χ0n) is 10.7. The van der Waals surface area contributed by atoms with Gasteiger partial charge in [-0.1, -0.05) is 0 Å². The molecule has 1 aromatic carbocycles. The van der Waals surface area contributed by atoms with Crippen LogP contribution in [0.4, 0.5) is 0 Å². The van der Waals surface area contributed by atoms with Gasteiger partial charge in [0.15, 0.2) is 11.5 Å². The van der Waals surface area contributed by atoms with E-state index in [2.05, 4.69) is 28.6 Å². The van der Waals surface area contributed by atoms with E-state index in [1.807, 2.05) is 17.9 Å². The predicted molar refractivity (Wildman–Crippen MR) is 69.3 cm³/mol. The van der Waals surface area contributed by atoms with Crippen LogP contribution in [0.3, 0.4) is 0 Å². The molecule has 0 bridgehead atoms. The van der Waals surface area contributed by atoms with Crippen LogP contribution in [0, 0.1) is 0 Å². The van der Waals surface area contributed by atoms with Crippen LogP contribution in [0.15, 0.2) is 24.4 Å². The Hall–Kier alpha value is -2.01. The second-order valence-corrected chi connectivity index (χ2v) is 4.92. The zero-order chi connectivity index (χ0) is 12.8. The van der Waals surface area contributed by atoms with Crippen molar-refractivity contribution >= 4 is 0 Å². The van der Waals surface area contributed by atoms with Gasteiger partial charge in [0.25, 0.3) is 0 Å². The van der Waals surface area contributed by atoms with Crippen molar-refractivity contribution in [3.63, 3.8) is 0 Å². The summed E-state index contributed by atoms with van der Waals surface area (Å²) in [5.74, 6) is 1.71. The summed E-state index contributed by atoms with van der Waals surface area (Å²) in [4.78, 5) is 0. The molecule has 0 saturated heterocycles. The standard InChI is InChI=1S/C14H15N3O2/c1-17-11(3-5-16-17)14-10-7-13-12(18-8-19-13)6-9(10)2-4-15-14/h3,5-7,14-15H,2,4,8H2,1H3. The molecule has 2 aromatic rings. The maximum atomic E-state index is 5.49. The summed E-state index contributed by atoms with van der Waals surface area (Å²) in [7, 11) is 1.97. The minimum Gasteiger partial charge on any atom is -0.454 e. The highest BCUT2D eigenvalue weighted by molar-refractivity contribution is 5.52. The molecule has 19 heavy (non-hydrogen) atoms. The van der Waals surface area contributed by atoms with E-state index in [0.29, 0.717) is 6.79 Å². The van der Waals surface area contributed by atoms with E-state index in [0.717, 1.165) is 24.5 Å². The molecule has 4 rings (SSSR count). The third-order valence-electron chi connectivity index (χ3n) is 3.84. The molecular weight excluding hydrogens is 242 g/mol. The molecular formula is C14H15N3O2. The molecule has 98 valence electrons. The largest absolute Gasteiger partial charge is 0.454 e. The molecule has 1 aromatic heterocycles. The Bertz CT molecular complexity index is 636. The van der Waals surface area contributed by atoms with Crippen molar-refractivity contribution < 1.29 is 9.47 Å². The molecule has 0 spiro atoms. The summed E-state index contributed by atoms with van der Waals surface area (Å²) < 4.78 is 12.9. The van der Waals surface area contributed by atoms with Crippen molar-refractivity contribution in [1.82, 2.24) is 15.1 Å². The lowest BCUT2D eigenvalue weighted by molar-refractivity contribution is 0.174. The highest BCUT2D eigenvalue weighted by Crippen LogP contribution is 2.39. The molecule has 2 aliphatic rings. The normalized spacial score (nSPS) is 20.4. The van der Waals surface area contributed by atoms with Crippen LogP contribution < -0.4 is 14.8 Å². The number of aromatic nitrogens is 2. The molecule has 0 fully saturated rings. The van der Waals surface area contributed by atoms with E-state index in [9.17, 15) is 0 Å². The monoisotopic (exact) mass is 257 g/mol. The molecule has 0 saturated carbocycles. The van der Waals surface area contributed by atoms with Crippen molar-refractivity contribution in [2.24, 2.45) is 7.05 Å². The predicted octanol–water partition coefficient (Wildman–Crippen LogP) is 1.38. The van der Waals surface area contributed by atoms with Crippen molar-refractivity contribution in [3.8, 4) is 11.5 Å². The molecule has 5 heteroatoms. The molecule has 0 amide bonds. The van der Waals surface area contributed by atoms with Crippen LogP contribution in [0.25, 0.3) is 0 Å². The van der Waals surface area contributed by atoms with Gasteiger partial charge in [0.2, 0.25) is 6.79 Å². The average molecular weight is 257 g/mol. The number of ether oxygens (including phenoxy) is 2. The first kappa shape index (κ1) is 10.9. The summed E-state index contributed by atoms with van der Waals surface area (Å²) in [6.07, 6.45) is 2.85.